The second kappa shape index (κ2) is 15.9. The average molecular weight is 469 g/mol. The molecule has 0 radical (unpaired) electrons. The smallest absolute Gasteiger partial charge is 1.00 e. The molecule has 0 aromatic heterocycles. The van der Waals surface area contributed by atoms with E-state index in [1.807, 2.05) is 0 Å². The number of halogens is 3. The number of hydrogen-bond donors (Lipinski definition) is 0. The first kappa shape index (κ1) is 25.3. The van der Waals surface area contributed by atoms with E-state index in [1.165, 1.54) is 0 Å². The third kappa shape index (κ3) is 9.18. The van der Waals surface area contributed by atoms with Gasteiger partial charge in [0, 0.05) is 0 Å². The van der Waals surface area contributed by atoms with Crippen molar-refractivity contribution in [2.45, 2.75) is 0 Å². The van der Waals surface area contributed by atoms with E-state index in [2.05, 4.69) is 0 Å². The summed E-state index contributed by atoms with van der Waals surface area (Å²) in [4.78, 5) is 0. The summed E-state index contributed by atoms with van der Waals surface area (Å²) in [5.41, 5.74) is 0. The molecule has 4 heavy (non-hydrogen) atoms. The Bertz CT molecular complexity index is 3.25. The Morgan fingerprint density at radius 2 is 0.750 bits per heavy atom. The molecule has 0 unspecified atom stereocenters. The molecule has 0 saturated carbocycles. The molecule has 0 amide bonds. The van der Waals surface area contributed by atoms with E-state index in [9.17, 15) is 0 Å². The maximum Gasteiger partial charge on any atom is 2.00 e. The van der Waals surface area contributed by atoms with Crippen molar-refractivity contribution in [3.05, 3.63) is 0 Å². The van der Waals surface area contributed by atoms with E-state index in [0.717, 1.165) is 0 Å². The third-order valence-corrected chi connectivity index (χ3v) is 0. The predicted octanol–water partition coefficient (Wildman–Crippen LogP) is -5.75. The molecule has 0 atom stereocenters. The Kier molecular flexibility index (Phi) is 101. The first-order valence-electron chi connectivity index (χ1n) is 0. The van der Waals surface area contributed by atoms with Crippen LogP contribution in [-0.2, 0) is 0 Å². The van der Waals surface area contributed by atoms with Crippen LogP contribution in [0.25, 0.3) is 0 Å². The quantitative estimate of drug-likeness (QED) is 0.245. The standard InChI is InChI=1S/3HI.Sr/h3*1H;/q;;;+2/p-2. The molecule has 24 valence electrons. The van der Waals surface area contributed by atoms with Gasteiger partial charge >= 0.3 is 45.5 Å². The van der Waals surface area contributed by atoms with E-state index in [4.69, 9.17) is 0 Å². The maximum absolute atomic E-state index is 0. The first-order chi connectivity index (χ1) is 0. The summed E-state index contributed by atoms with van der Waals surface area (Å²) in [6, 6.07) is 0. The molecule has 0 spiro atoms. The maximum atomic E-state index is 0. The molecule has 0 aliphatic heterocycles. The molecule has 4 heteroatoms. The van der Waals surface area contributed by atoms with Crippen LogP contribution in [0.1, 0.15) is 0 Å². The van der Waals surface area contributed by atoms with Crippen LogP contribution in [0.4, 0.5) is 0 Å². The van der Waals surface area contributed by atoms with Crippen LogP contribution in [-0.4, -0.2) is 45.5 Å². The van der Waals surface area contributed by atoms with E-state index >= 15 is 0 Å². The molecule has 0 N–H and O–H groups in total. The zero-order valence-corrected chi connectivity index (χ0v) is 12.0. The Labute approximate surface area is 114 Å². The zero-order valence-electron chi connectivity index (χ0n) is 1.87. The van der Waals surface area contributed by atoms with Crippen molar-refractivity contribution >= 4 is 69.5 Å². The van der Waals surface area contributed by atoms with Crippen LogP contribution >= 0.6 is 24.0 Å². The van der Waals surface area contributed by atoms with Crippen molar-refractivity contribution in [1.82, 2.24) is 0 Å². The van der Waals surface area contributed by atoms with Gasteiger partial charge in [-0.05, 0) is 0 Å². The van der Waals surface area contributed by atoms with Crippen LogP contribution in [0.15, 0.2) is 0 Å². The number of hydrogen-bond acceptors (Lipinski definition) is 0. The van der Waals surface area contributed by atoms with Crippen molar-refractivity contribution in [3.63, 3.8) is 0 Å². The molecular formula is HI3Sr. The Balaban J connectivity index is 0. The fourth-order valence-electron chi connectivity index (χ4n) is 0. The van der Waals surface area contributed by atoms with Crippen molar-refractivity contribution < 1.29 is 48.0 Å². The van der Waals surface area contributed by atoms with Crippen LogP contribution in [0, 0.1) is 0 Å². The fourth-order valence-corrected chi connectivity index (χ4v) is 0. The van der Waals surface area contributed by atoms with Crippen LogP contribution in [0.3, 0.4) is 0 Å². The fraction of sp³-hybridized carbons (Fsp3) is 0. The zero-order chi connectivity index (χ0) is 0. The van der Waals surface area contributed by atoms with Crippen LogP contribution in [0.5, 0.6) is 0 Å². The molecule has 0 aromatic carbocycles. The van der Waals surface area contributed by atoms with Crippen molar-refractivity contribution in [1.29, 1.82) is 0 Å². The van der Waals surface area contributed by atoms with E-state index in [-0.39, 0.29) is 117 Å². The molecule has 0 rings (SSSR count). The van der Waals surface area contributed by atoms with Gasteiger partial charge in [-0.3, -0.25) is 0 Å². The first-order valence-corrected chi connectivity index (χ1v) is 0. The molecule has 0 fully saturated rings. The predicted molar refractivity (Wildman–Crippen MR) is 21.2 cm³/mol. The van der Waals surface area contributed by atoms with Gasteiger partial charge in [-0.25, -0.2) is 0 Å². The summed E-state index contributed by atoms with van der Waals surface area (Å²) < 4.78 is 0. The third-order valence-electron chi connectivity index (χ3n) is 0. The molecule has 0 nitrogen and oxygen atoms in total. The van der Waals surface area contributed by atoms with Gasteiger partial charge in [-0.1, -0.05) is 0 Å². The Morgan fingerprint density at radius 3 is 0.750 bits per heavy atom. The van der Waals surface area contributed by atoms with Gasteiger partial charge in [0.05, 0.1) is 0 Å². The van der Waals surface area contributed by atoms with Crippen LogP contribution < -0.4 is 48.0 Å². The van der Waals surface area contributed by atoms with Crippen molar-refractivity contribution in [2.24, 2.45) is 0 Å². The van der Waals surface area contributed by atoms with E-state index in [0.29, 0.717) is 0 Å². The Hall–Kier alpha value is 3.67. The minimum Gasteiger partial charge on any atom is -1.00 e. The van der Waals surface area contributed by atoms with E-state index < -0.39 is 0 Å². The largest absolute Gasteiger partial charge is 2.00 e. The second-order valence-electron chi connectivity index (χ2n) is 0. The van der Waals surface area contributed by atoms with Gasteiger partial charge in [0.2, 0.25) is 0 Å². The molecule has 0 aromatic rings. The van der Waals surface area contributed by atoms with Gasteiger partial charge in [-0.15, -0.1) is 24.0 Å². The van der Waals surface area contributed by atoms with Gasteiger partial charge < -0.3 is 48.0 Å². The monoisotopic (exact) mass is 470 g/mol. The van der Waals surface area contributed by atoms with Crippen LogP contribution in [0.2, 0.25) is 0 Å². The van der Waals surface area contributed by atoms with Gasteiger partial charge in [0.25, 0.3) is 0 Å². The minimum absolute atomic E-state index is 0. The number of rotatable bonds is 0. The Morgan fingerprint density at radius 1 is 0.750 bits per heavy atom. The summed E-state index contributed by atoms with van der Waals surface area (Å²) in [6.07, 6.45) is 0. The minimum atomic E-state index is 0. The molecule has 0 aliphatic carbocycles. The SMILES string of the molecule is I.[I-].[I-].[Sr+2]. The van der Waals surface area contributed by atoms with Crippen molar-refractivity contribution in [2.75, 3.05) is 0 Å². The summed E-state index contributed by atoms with van der Waals surface area (Å²) >= 11 is 0. The molecular weight excluding hydrogens is 468 g/mol. The molecule has 0 saturated heterocycles. The topological polar surface area (TPSA) is 0 Å². The molecule has 0 bridgehead atoms. The summed E-state index contributed by atoms with van der Waals surface area (Å²) in [5.74, 6) is 0. The van der Waals surface area contributed by atoms with Gasteiger partial charge in [0.15, 0.2) is 0 Å². The second-order valence-corrected chi connectivity index (χ2v) is 0. The van der Waals surface area contributed by atoms with E-state index in [1.54, 1.807) is 0 Å². The van der Waals surface area contributed by atoms with Gasteiger partial charge in [0.1, 0.15) is 0 Å². The summed E-state index contributed by atoms with van der Waals surface area (Å²) in [5, 5.41) is 0. The summed E-state index contributed by atoms with van der Waals surface area (Å²) in [7, 11) is 0. The average Bonchev–Trinajstić information content (AvgIpc) is 0. The van der Waals surface area contributed by atoms with Gasteiger partial charge in [-0.2, -0.15) is 0 Å². The molecule has 0 heterocycles. The normalized spacial score (nSPS) is 0. The van der Waals surface area contributed by atoms with Crippen molar-refractivity contribution in [3.8, 4) is 0 Å². The summed E-state index contributed by atoms with van der Waals surface area (Å²) in [6.45, 7) is 0. The molecule has 0 aliphatic rings.